The van der Waals surface area contributed by atoms with Crippen LogP contribution in [0, 0.1) is 11.6 Å². The molecule has 1 saturated carbocycles. The zero-order chi connectivity index (χ0) is 22.3. The van der Waals surface area contributed by atoms with Crippen LogP contribution in [0.25, 0.3) is 6.08 Å². The van der Waals surface area contributed by atoms with Crippen molar-refractivity contribution in [2.45, 2.75) is 37.1 Å². The van der Waals surface area contributed by atoms with Gasteiger partial charge in [-0.3, -0.25) is 4.79 Å². The highest BCUT2D eigenvalue weighted by Gasteiger charge is 2.39. The fourth-order valence-electron chi connectivity index (χ4n) is 4.58. The van der Waals surface area contributed by atoms with E-state index in [0.29, 0.717) is 35.1 Å². The van der Waals surface area contributed by atoms with Crippen LogP contribution >= 0.6 is 0 Å². The molecule has 2 aromatic carbocycles. The summed E-state index contributed by atoms with van der Waals surface area (Å²) >= 11 is 0. The number of fused-ring (bicyclic) bond motifs is 1. The average molecular weight is 431 g/mol. The molecule has 0 unspecified atom stereocenters. The van der Waals surface area contributed by atoms with Crippen LogP contribution in [0.15, 0.2) is 67.3 Å². The second kappa shape index (κ2) is 7.86. The lowest BCUT2D eigenvalue weighted by Gasteiger charge is -2.35. The van der Waals surface area contributed by atoms with Crippen molar-refractivity contribution < 1.29 is 13.6 Å². The van der Waals surface area contributed by atoms with Gasteiger partial charge in [0.25, 0.3) is 5.91 Å². The molecule has 1 N–H and O–H groups in total. The summed E-state index contributed by atoms with van der Waals surface area (Å²) in [5, 5.41) is 8.00. The molecule has 0 spiro atoms. The normalized spacial score (nSPS) is 16.8. The number of halogens is 2. The number of hydrogen-bond acceptors (Lipinski definition) is 3. The molecule has 0 aliphatic heterocycles. The second-order valence-electron chi connectivity index (χ2n) is 8.44. The van der Waals surface area contributed by atoms with Crippen LogP contribution in [0.5, 0.6) is 0 Å². The van der Waals surface area contributed by atoms with Gasteiger partial charge in [-0.25, -0.2) is 8.78 Å². The summed E-state index contributed by atoms with van der Waals surface area (Å²) in [6, 6.07) is 13.0. The minimum absolute atomic E-state index is 0.324. The molecule has 3 aromatic rings. The molecule has 162 valence electrons. The van der Waals surface area contributed by atoms with Crippen LogP contribution < -0.4 is 5.32 Å². The Hall–Kier alpha value is -3.54. The van der Waals surface area contributed by atoms with Crippen LogP contribution in [0.2, 0.25) is 0 Å². The van der Waals surface area contributed by atoms with E-state index in [1.54, 1.807) is 12.1 Å². The lowest BCUT2D eigenvalue weighted by Crippen LogP contribution is -2.32. The smallest absolute Gasteiger partial charge is 0.270 e. The van der Waals surface area contributed by atoms with Gasteiger partial charge in [-0.05, 0) is 60.7 Å². The summed E-state index contributed by atoms with van der Waals surface area (Å²) in [5.74, 6) is -0.435. The molecule has 0 radical (unpaired) electrons. The number of hydrogen-bond donors (Lipinski definition) is 1. The van der Waals surface area contributed by atoms with E-state index in [1.165, 1.54) is 41.4 Å². The largest absolute Gasteiger partial charge is 0.365 e. The van der Waals surface area contributed by atoms with Gasteiger partial charge in [0.05, 0.1) is 5.69 Å². The monoisotopic (exact) mass is 431 g/mol. The van der Waals surface area contributed by atoms with Gasteiger partial charge in [-0.1, -0.05) is 43.0 Å². The maximum absolute atomic E-state index is 14.2. The van der Waals surface area contributed by atoms with E-state index in [-0.39, 0.29) is 17.5 Å². The van der Waals surface area contributed by atoms with Crippen molar-refractivity contribution in [1.29, 1.82) is 0 Å². The quantitative estimate of drug-likeness (QED) is 0.542. The number of carbonyl (C=O) groups excluding carboxylic acids is 1. The Balaban J connectivity index is 1.69. The fraction of sp³-hybridized carbons (Fsp3) is 0.231. The Labute approximate surface area is 185 Å². The van der Waals surface area contributed by atoms with Gasteiger partial charge < -0.3 is 5.32 Å². The fourth-order valence-corrected chi connectivity index (χ4v) is 4.58. The van der Waals surface area contributed by atoms with E-state index in [4.69, 9.17) is 0 Å². The zero-order valence-electron chi connectivity index (χ0n) is 17.5. The van der Waals surface area contributed by atoms with Gasteiger partial charge in [-0.15, -0.1) is 5.10 Å². The lowest BCUT2D eigenvalue weighted by molar-refractivity contribution is 0.0950. The van der Waals surface area contributed by atoms with E-state index in [0.717, 1.165) is 18.4 Å². The number of carbonyl (C=O) groups is 1. The summed E-state index contributed by atoms with van der Waals surface area (Å²) in [7, 11) is 0. The van der Waals surface area contributed by atoms with Crippen LogP contribution in [0.3, 0.4) is 0 Å². The van der Waals surface area contributed by atoms with Gasteiger partial charge in [0.1, 0.15) is 11.6 Å². The van der Waals surface area contributed by atoms with Crippen LogP contribution in [0.1, 0.15) is 46.4 Å². The predicted molar refractivity (Wildman–Crippen MR) is 121 cm³/mol. The SMILES string of the molecule is C=CC(=O)n1nc(NC2CCC2)c2c1CC(c1cccc(F)c1)(c1cccc(F)c1)C=C2. The first-order valence-electron chi connectivity index (χ1n) is 10.8. The predicted octanol–water partition coefficient (Wildman–Crippen LogP) is 5.51. The van der Waals surface area contributed by atoms with Crippen molar-refractivity contribution in [2.75, 3.05) is 5.32 Å². The number of rotatable bonds is 5. The molecule has 1 heterocycles. The van der Waals surface area contributed by atoms with E-state index in [9.17, 15) is 13.6 Å². The number of nitrogens with zero attached hydrogens (tertiary/aromatic N) is 2. The van der Waals surface area contributed by atoms with Crippen molar-refractivity contribution >= 4 is 17.8 Å². The Morgan fingerprint density at radius 3 is 2.31 bits per heavy atom. The first-order valence-corrected chi connectivity index (χ1v) is 10.8. The molecule has 6 heteroatoms. The Morgan fingerprint density at radius 1 is 1.12 bits per heavy atom. The summed E-state index contributed by atoms with van der Waals surface area (Å²) in [6.07, 6.45) is 8.74. The standard InChI is InChI=1S/C26H23F2N3O/c1-2-24(32)31-23-16-26(17-6-3-8-19(27)14-17,18-7-4-9-20(28)15-18)13-12-22(23)25(30-31)29-21-10-5-11-21/h2-4,6-9,12-15,21H,1,5,10-11,16H2,(H,29,30). The Kier molecular flexibility index (Phi) is 5.00. The van der Waals surface area contributed by atoms with Crippen molar-refractivity contribution in [2.24, 2.45) is 0 Å². The van der Waals surface area contributed by atoms with Gasteiger partial charge in [0.2, 0.25) is 0 Å². The summed E-state index contributed by atoms with van der Waals surface area (Å²) in [4.78, 5) is 12.7. The summed E-state index contributed by atoms with van der Waals surface area (Å²) < 4.78 is 29.9. The van der Waals surface area contributed by atoms with E-state index < -0.39 is 5.41 Å². The van der Waals surface area contributed by atoms with Gasteiger partial charge in [0, 0.05) is 23.4 Å². The van der Waals surface area contributed by atoms with Gasteiger partial charge >= 0.3 is 0 Å². The summed E-state index contributed by atoms with van der Waals surface area (Å²) in [5.41, 5.74) is 2.02. The Bertz CT molecular complexity index is 1190. The number of benzene rings is 2. The van der Waals surface area contributed by atoms with Crippen molar-refractivity contribution in [3.05, 3.63) is 101 Å². The van der Waals surface area contributed by atoms with E-state index >= 15 is 0 Å². The first-order chi connectivity index (χ1) is 15.5. The molecule has 0 bridgehead atoms. The Morgan fingerprint density at radius 2 is 1.78 bits per heavy atom. The third-order valence-corrected chi connectivity index (χ3v) is 6.51. The minimum atomic E-state index is -0.857. The molecule has 4 nitrogen and oxygen atoms in total. The lowest BCUT2D eigenvalue weighted by atomic mass is 9.68. The number of nitrogens with one attached hydrogen (secondary N) is 1. The van der Waals surface area contributed by atoms with Gasteiger partial charge in [-0.2, -0.15) is 4.68 Å². The van der Waals surface area contributed by atoms with Crippen molar-refractivity contribution in [3.8, 4) is 0 Å². The third-order valence-electron chi connectivity index (χ3n) is 6.51. The number of aromatic nitrogens is 2. The minimum Gasteiger partial charge on any atom is -0.365 e. The van der Waals surface area contributed by atoms with Gasteiger partial charge in [0.15, 0.2) is 5.82 Å². The molecule has 0 saturated heterocycles. The highest BCUT2D eigenvalue weighted by atomic mass is 19.1. The molecule has 1 aromatic heterocycles. The molecule has 32 heavy (non-hydrogen) atoms. The first kappa shape index (κ1) is 20.4. The third kappa shape index (κ3) is 3.36. The van der Waals surface area contributed by atoms with Crippen LogP contribution in [0.4, 0.5) is 14.6 Å². The molecular formula is C26H23F2N3O. The molecule has 0 amide bonds. The van der Waals surface area contributed by atoms with Crippen molar-refractivity contribution in [1.82, 2.24) is 9.78 Å². The van der Waals surface area contributed by atoms with E-state index in [1.807, 2.05) is 24.3 Å². The number of anilines is 1. The molecular weight excluding hydrogens is 408 g/mol. The van der Waals surface area contributed by atoms with Crippen LogP contribution in [-0.2, 0) is 11.8 Å². The van der Waals surface area contributed by atoms with Crippen LogP contribution in [-0.4, -0.2) is 21.7 Å². The van der Waals surface area contributed by atoms with Crippen molar-refractivity contribution in [3.63, 3.8) is 0 Å². The molecule has 2 aliphatic carbocycles. The molecule has 1 fully saturated rings. The molecule has 0 atom stereocenters. The second-order valence-corrected chi connectivity index (χ2v) is 8.44. The molecule has 5 rings (SSSR count). The maximum Gasteiger partial charge on any atom is 0.270 e. The zero-order valence-corrected chi connectivity index (χ0v) is 17.5. The highest BCUT2D eigenvalue weighted by molar-refractivity contribution is 5.91. The summed E-state index contributed by atoms with van der Waals surface area (Å²) in [6.45, 7) is 3.61. The number of allylic oxidation sites excluding steroid dienone is 2. The maximum atomic E-state index is 14.2. The topological polar surface area (TPSA) is 46.9 Å². The highest BCUT2D eigenvalue weighted by Crippen LogP contribution is 2.44. The molecule has 2 aliphatic rings. The average Bonchev–Trinajstić information content (AvgIpc) is 3.13. The van der Waals surface area contributed by atoms with E-state index in [2.05, 4.69) is 17.0 Å².